The lowest BCUT2D eigenvalue weighted by atomic mass is 9.92. The van der Waals surface area contributed by atoms with E-state index in [1.807, 2.05) is 11.3 Å². The van der Waals surface area contributed by atoms with E-state index in [-0.39, 0.29) is 0 Å². The first-order valence-electron chi connectivity index (χ1n) is 15.0. The highest BCUT2D eigenvalue weighted by atomic mass is 32.1. The highest BCUT2D eigenvalue weighted by Crippen LogP contribution is 2.41. The standard InChI is InChI=1S/C41H24N2S/c1-2-11-30-28(9-1)29-10-3-4-12-31(29)34-23-27(21-22-32(30)34)25-17-19-26(20-18-25)38-24-35-33-13-5-8-16-39(33)44-40(35)41-42-36-14-6-7-15-37(36)43(38)41/h1-24H. The number of hydrogen-bond acceptors (Lipinski definition) is 2. The van der Waals surface area contributed by atoms with Gasteiger partial charge in [0.15, 0.2) is 5.65 Å². The Labute approximate surface area is 257 Å². The lowest BCUT2D eigenvalue weighted by Gasteiger charge is -2.13. The Morgan fingerprint density at radius 2 is 1.00 bits per heavy atom. The van der Waals surface area contributed by atoms with Gasteiger partial charge in [0, 0.05) is 15.5 Å². The van der Waals surface area contributed by atoms with E-state index in [0.29, 0.717) is 0 Å². The number of pyridine rings is 1. The van der Waals surface area contributed by atoms with Crippen molar-refractivity contribution in [2.75, 3.05) is 0 Å². The molecular weight excluding hydrogens is 553 g/mol. The molecule has 0 fully saturated rings. The highest BCUT2D eigenvalue weighted by Gasteiger charge is 2.17. The maximum absolute atomic E-state index is 5.14. The summed E-state index contributed by atoms with van der Waals surface area (Å²) in [6.07, 6.45) is 0. The monoisotopic (exact) mass is 576 g/mol. The van der Waals surface area contributed by atoms with E-state index >= 15 is 0 Å². The number of nitrogens with zero attached hydrogens (tertiary/aromatic N) is 2. The Bertz CT molecular complexity index is 2730. The van der Waals surface area contributed by atoms with Crippen LogP contribution in [0.1, 0.15) is 0 Å². The number of rotatable bonds is 2. The van der Waals surface area contributed by atoms with Crippen molar-refractivity contribution in [3.8, 4) is 22.4 Å². The highest BCUT2D eigenvalue weighted by molar-refractivity contribution is 7.26. The fourth-order valence-corrected chi connectivity index (χ4v) is 8.29. The van der Waals surface area contributed by atoms with Gasteiger partial charge >= 0.3 is 0 Å². The largest absolute Gasteiger partial charge is 0.291 e. The third-order valence-corrected chi connectivity index (χ3v) is 10.4. The average molecular weight is 577 g/mol. The summed E-state index contributed by atoms with van der Waals surface area (Å²) in [6.45, 7) is 0. The predicted octanol–water partition coefficient (Wildman–Crippen LogP) is 11.6. The summed E-state index contributed by atoms with van der Waals surface area (Å²) in [6, 6.07) is 53.0. The maximum atomic E-state index is 5.14. The molecule has 10 rings (SSSR count). The van der Waals surface area contributed by atoms with Gasteiger partial charge in [0.25, 0.3) is 0 Å². The van der Waals surface area contributed by atoms with Crippen molar-refractivity contribution in [3.05, 3.63) is 146 Å². The van der Waals surface area contributed by atoms with E-state index in [1.54, 1.807) is 0 Å². The van der Waals surface area contributed by atoms with Crippen molar-refractivity contribution in [3.63, 3.8) is 0 Å². The summed E-state index contributed by atoms with van der Waals surface area (Å²) in [4.78, 5) is 5.14. The molecule has 44 heavy (non-hydrogen) atoms. The molecule has 0 saturated heterocycles. The fraction of sp³-hybridized carbons (Fsp3) is 0. The Balaban J connectivity index is 1.18. The van der Waals surface area contributed by atoms with Crippen LogP contribution in [0.15, 0.2) is 146 Å². The molecule has 0 N–H and O–H groups in total. The third-order valence-electron chi connectivity index (χ3n) is 9.18. The number of hydrogen-bond donors (Lipinski definition) is 0. The molecule has 3 aromatic heterocycles. The number of para-hydroxylation sites is 2. The first kappa shape index (κ1) is 24.0. The Morgan fingerprint density at radius 3 is 1.75 bits per heavy atom. The molecule has 3 heteroatoms. The van der Waals surface area contributed by atoms with Crippen LogP contribution in [0.25, 0.3) is 91.6 Å². The summed E-state index contributed by atoms with van der Waals surface area (Å²) in [5, 5.41) is 10.4. The number of fused-ring (bicyclic) bond motifs is 13. The Hall–Kier alpha value is -5.51. The van der Waals surface area contributed by atoms with Crippen LogP contribution < -0.4 is 0 Å². The summed E-state index contributed by atoms with van der Waals surface area (Å²) in [5.74, 6) is 0. The molecule has 0 amide bonds. The van der Waals surface area contributed by atoms with Gasteiger partial charge in [0.05, 0.1) is 21.4 Å². The summed E-state index contributed by atoms with van der Waals surface area (Å²) >= 11 is 1.83. The number of aromatic nitrogens is 2. The zero-order valence-electron chi connectivity index (χ0n) is 23.7. The third kappa shape index (κ3) is 3.33. The normalized spacial score (nSPS) is 12.1. The molecule has 0 atom stereocenters. The quantitative estimate of drug-likeness (QED) is 0.187. The first-order valence-corrected chi connectivity index (χ1v) is 15.8. The molecule has 10 aromatic rings. The number of benzene rings is 7. The number of imidazole rings is 1. The van der Waals surface area contributed by atoms with Gasteiger partial charge in [-0.25, -0.2) is 4.98 Å². The molecule has 3 heterocycles. The summed E-state index contributed by atoms with van der Waals surface area (Å²) < 4.78 is 4.87. The van der Waals surface area contributed by atoms with Gasteiger partial charge in [-0.15, -0.1) is 11.3 Å². The van der Waals surface area contributed by atoms with E-state index in [1.165, 1.54) is 69.2 Å². The van der Waals surface area contributed by atoms with Crippen LogP contribution in [0.2, 0.25) is 0 Å². The minimum absolute atomic E-state index is 1.02. The van der Waals surface area contributed by atoms with Crippen molar-refractivity contribution in [1.82, 2.24) is 9.38 Å². The Kier molecular flexibility index (Phi) is 4.90. The van der Waals surface area contributed by atoms with Crippen molar-refractivity contribution in [1.29, 1.82) is 0 Å². The number of thiophene rings is 1. The Morgan fingerprint density at radius 1 is 0.432 bits per heavy atom. The fourth-order valence-electron chi connectivity index (χ4n) is 7.13. The summed E-state index contributed by atoms with van der Waals surface area (Å²) in [7, 11) is 0. The van der Waals surface area contributed by atoms with Crippen molar-refractivity contribution in [2.45, 2.75) is 0 Å². The molecule has 0 aliphatic heterocycles. The van der Waals surface area contributed by atoms with E-state index in [4.69, 9.17) is 4.98 Å². The van der Waals surface area contributed by atoms with Gasteiger partial charge in [0.2, 0.25) is 0 Å². The topological polar surface area (TPSA) is 17.3 Å². The molecule has 0 radical (unpaired) electrons. The van der Waals surface area contributed by atoms with Gasteiger partial charge in [-0.1, -0.05) is 115 Å². The molecule has 0 spiro atoms. The second-order valence-electron chi connectivity index (χ2n) is 11.6. The predicted molar refractivity (Wildman–Crippen MR) is 189 cm³/mol. The van der Waals surface area contributed by atoms with Crippen LogP contribution in [0.3, 0.4) is 0 Å². The smallest absolute Gasteiger partial charge is 0.156 e. The molecule has 0 unspecified atom stereocenters. The summed E-state index contributed by atoms with van der Waals surface area (Å²) in [5.41, 5.74) is 7.95. The van der Waals surface area contributed by atoms with Gasteiger partial charge < -0.3 is 0 Å². The van der Waals surface area contributed by atoms with Gasteiger partial charge in [-0.05, 0) is 79.3 Å². The zero-order chi connectivity index (χ0) is 28.8. The van der Waals surface area contributed by atoms with Crippen LogP contribution in [-0.4, -0.2) is 9.38 Å². The second-order valence-corrected chi connectivity index (χ2v) is 12.6. The van der Waals surface area contributed by atoms with Crippen molar-refractivity contribution >= 4 is 80.5 Å². The van der Waals surface area contributed by atoms with Gasteiger partial charge in [-0.3, -0.25) is 4.40 Å². The van der Waals surface area contributed by atoms with E-state index in [9.17, 15) is 0 Å². The van der Waals surface area contributed by atoms with Crippen molar-refractivity contribution < 1.29 is 0 Å². The lowest BCUT2D eigenvalue weighted by Crippen LogP contribution is -1.93. The molecular formula is C41H24N2S. The van der Waals surface area contributed by atoms with Crippen LogP contribution in [0.5, 0.6) is 0 Å². The first-order chi connectivity index (χ1) is 21.8. The zero-order valence-corrected chi connectivity index (χ0v) is 24.5. The second kappa shape index (κ2) is 9.00. The molecule has 2 nitrogen and oxygen atoms in total. The SMILES string of the molecule is c1ccc2c(c1)nc1c3sc4ccccc4c3cc(-c3ccc(-c4ccc5c6ccccc6c6ccccc6c5c4)cc3)n21. The molecule has 0 aliphatic rings. The lowest BCUT2D eigenvalue weighted by molar-refractivity contribution is 1.25. The van der Waals surface area contributed by atoms with Gasteiger partial charge in [0.1, 0.15) is 0 Å². The molecule has 0 aliphatic carbocycles. The van der Waals surface area contributed by atoms with Crippen LogP contribution in [0, 0.1) is 0 Å². The molecule has 0 bridgehead atoms. The van der Waals surface area contributed by atoms with Crippen LogP contribution >= 0.6 is 11.3 Å². The van der Waals surface area contributed by atoms with E-state index in [0.717, 1.165) is 22.4 Å². The molecule has 0 saturated carbocycles. The minimum atomic E-state index is 1.02. The van der Waals surface area contributed by atoms with Crippen LogP contribution in [0.4, 0.5) is 0 Å². The minimum Gasteiger partial charge on any atom is -0.291 e. The molecule has 7 aromatic carbocycles. The van der Waals surface area contributed by atoms with Crippen LogP contribution in [-0.2, 0) is 0 Å². The van der Waals surface area contributed by atoms with E-state index < -0.39 is 0 Å². The van der Waals surface area contributed by atoms with Crippen molar-refractivity contribution in [2.24, 2.45) is 0 Å². The average Bonchev–Trinajstić information content (AvgIpc) is 3.67. The van der Waals surface area contributed by atoms with Gasteiger partial charge in [-0.2, -0.15) is 0 Å². The van der Waals surface area contributed by atoms with E-state index in [2.05, 4.69) is 150 Å². The maximum Gasteiger partial charge on any atom is 0.156 e. The molecule has 204 valence electrons.